The Morgan fingerprint density at radius 3 is 3.00 bits per heavy atom. The molecule has 5 nitrogen and oxygen atoms in total. The molecule has 0 bridgehead atoms. The van der Waals surface area contributed by atoms with Crippen LogP contribution < -0.4 is 0 Å². The van der Waals surface area contributed by atoms with E-state index >= 15 is 0 Å². The maximum absolute atomic E-state index is 12.2. The predicted molar refractivity (Wildman–Crippen MR) is 73.1 cm³/mol. The summed E-state index contributed by atoms with van der Waals surface area (Å²) in [6.45, 7) is 0.465. The number of carbonyl (C=O) groups is 1. The third-order valence-electron chi connectivity index (χ3n) is 2.99. The molecular formula is C14H18N2O3. The van der Waals surface area contributed by atoms with Crippen molar-refractivity contribution in [3.8, 4) is 0 Å². The fraction of sp³-hybridized carbons (Fsp3) is 0.357. The lowest BCUT2D eigenvalue weighted by atomic mass is 10.1. The van der Waals surface area contributed by atoms with E-state index in [4.69, 9.17) is 4.74 Å². The smallest absolute Gasteiger partial charge is 0.253 e. The molecule has 1 aromatic carbocycles. The summed E-state index contributed by atoms with van der Waals surface area (Å²) in [7, 11) is 3.19. The first-order valence-electron chi connectivity index (χ1n) is 6.11. The van der Waals surface area contributed by atoms with Gasteiger partial charge in [0.1, 0.15) is 0 Å². The summed E-state index contributed by atoms with van der Waals surface area (Å²) in [6.07, 6.45) is 1.17. The van der Waals surface area contributed by atoms with E-state index in [1.807, 2.05) is 24.4 Å². The zero-order valence-electron chi connectivity index (χ0n) is 11.1. The van der Waals surface area contributed by atoms with Crippen molar-refractivity contribution in [3.63, 3.8) is 0 Å². The molecule has 0 saturated heterocycles. The number of likely N-dealkylation sites (N-methyl/N-ethyl adjacent to an activating group) is 1. The molecule has 0 aliphatic heterocycles. The molecule has 1 atom stereocenters. The SMILES string of the molecule is COCC(O)CN(C)C(=O)c1ccc2[nH]ccc2c1. The number of carbonyl (C=O) groups excluding carboxylic acids is 1. The van der Waals surface area contributed by atoms with Crippen LogP contribution in [0.5, 0.6) is 0 Å². The summed E-state index contributed by atoms with van der Waals surface area (Å²) in [5.74, 6) is -0.113. The zero-order valence-corrected chi connectivity index (χ0v) is 11.1. The molecule has 1 amide bonds. The van der Waals surface area contributed by atoms with Gasteiger partial charge in [-0.1, -0.05) is 0 Å². The second-order valence-corrected chi connectivity index (χ2v) is 4.57. The molecular weight excluding hydrogens is 244 g/mol. The number of nitrogens with zero attached hydrogens (tertiary/aromatic N) is 1. The van der Waals surface area contributed by atoms with E-state index in [0.717, 1.165) is 10.9 Å². The van der Waals surface area contributed by atoms with Gasteiger partial charge in [-0.2, -0.15) is 0 Å². The minimum absolute atomic E-state index is 0.113. The van der Waals surface area contributed by atoms with Gasteiger partial charge in [-0.05, 0) is 24.3 Å². The first-order valence-corrected chi connectivity index (χ1v) is 6.11. The molecule has 0 aliphatic carbocycles. The molecule has 0 radical (unpaired) electrons. The van der Waals surface area contributed by atoms with Crippen LogP contribution >= 0.6 is 0 Å². The Labute approximate surface area is 111 Å². The van der Waals surface area contributed by atoms with Crippen LogP contribution in [0.3, 0.4) is 0 Å². The summed E-state index contributed by atoms with van der Waals surface area (Å²) in [6, 6.07) is 7.42. The monoisotopic (exact) mass is 262 g/mol. The molecule has 0 fully saturated rings. The van der Waals surface area contributed by atoms with E-state index in [2.05, 4.69) is 4.98 Å². The molecule has 2 N–H and O–H groups in total. The number of aliphatic hydroxyl groups excluding tert-OH is 1. The van der Waals surface area contributed by atoms with Crippen molar-refractivity contribution in [2.45, 2.75) is 6.10 Å². The minimum atomic E-state index is -0.671. The van der Waals surface area contributed by atoms with Crippen LogP contribution in [0.4, 0.5) is 0 Å². The average molecular weight is 262 g/mol. The molecule has 2 aromatic rings. The first kappa shape index (κ1) is 13.6. The molecule has 2 rings (SSSR count). The van der Waals surface area contributed by atoms with E-state index in [1.54, 1.807) is 13.1 Å². The lowest BCUT2D eigenvalue weighted by Crippen LogP contribution is -2.36. The van der Waals surface area contributed by atoms with Crippen molar-refractivity contribution in [2.75, 3.05) is 27.3 Å². The van der Waals surface area contributed by atoms with Crippen LogP contribution in [0.2, 0.25) is 0 Å². The zero-order chi connectivity index (χ0) is 13.8. The van der Waals surface area contributed by atoms with Gasteiger partial charge in [0.05, 0.1) is 12.7 Å². The van der Waals surface area contributed by atoms with Crippen molar-refractivity contribution in [1.82, 2.24) is 9.88 Å². The fourth-order valence-corrected chi connectivity index (χ4v) is 2.05. The van der Waals surface area contributed by atoms with Gasteiger partial charge < -0.3 is 19.7 Å². The lowest BCUT2D eigenvalue weighted by molar-refractivity contribution is 0.0380. The van der Waals surface area contributed by atoms with Gasteiger partial charge in [0, 0.05) is 43.4 Å². The third-order valence-corrected chi connectivity index (χ3v) is 2.99. The summed E-state index contributed by atoms with van der Waals surface area (Å²) >= 11 is 0. The van der Waals surface area contributed by atoms with Crippen LogP contribution in [0.1, 0.15) is 10.4 Å². The number of aliphatic hydroxyl groups is 1. The Balaban J connectivity index is 2.09. The molecule has 0 aliphatic rings. The number of rotatable bonds is 5. The van der Waals surface area contributed by atoms with E-state index < -0.39 is 6.10 Å². The highest BCUT2D eigenvalue weighted by molar-refractivity contribution is 5.97. The highest BCUT2D eigenvalue weighted by atomic mass is 16.5. The summed E-state index contributed by atoms with van der Waals surface area (Å²) in [5, 5.41) is 10.6. The number of benzene rings is 1. The second kappa shape index (κ2) is 5.86. The first-order chi connectivity index (χ1) is 9.11. The van der Waals surface area contributed by atoms with E-state index in [9.17, 15) is 9.90 Å². The molecule has 5 heteroatoms. The number of hydrogen-bond acceptors (Lipinski definition) is 3. The number of nitrogens with one attached hydrogen (secondary N) is 1. The van der Waals surface area contributed by atoms with Crippen molar-refractivity contribution < 1.29 is 14.6 Å². The van der Waals surface area contributed by atoms with Crippen molar-refractivity contribution in [1.29, 1.82) is 0 Å². The molecule has 1 aromatic heterocycles. The number of aromatic amines is 1. The van der Waals surface area contributed by atoms with Crippen LogP contribution in [0.25, 0.3) is 10.9 Å². The molecule has 102 valence electrons. The largest absolute Gasteiger partial charge is 0.389 e. The molecule has 0 saturated carbocycles. The standard InChI is InChI=1S/C14H18N2O3/c1-16(8-12(17)9-19-2)14(18)11-3-4-13-10(7-11)5-6-15-13/h3-7,12,15,17H,8-9H2,1-2H3. The number of H-pyrrole nitrogens is 1. The van der Waals surface area contributed by atoms with Crippen LogP contribution in [0, 0.1) is 0 Å². The topological polar surface area (TPSA) is 65.6 Å². The number of methoxy groups -OCH3 is 1. The Morgan fingerprint density at radius 2 is 2.26 bits per heavy atom. The van der Waals surface area contributed by atoms with Crippen molar-refractivity contribution >= 4 is 16.8 Å². The van der Waals surface area contributed by atoms with E-state index in [-0.39, 0.29) is 19.1 Å². The van der Waals surface area contributed by atoms with Gasteiger partial charge in [-0.3, -0.25) is 4.79 Å². The van der Waals surface area contributed by atoms with E-state index in [0.29, 0.717) is 5.56 Å². The number of hydrogen-bond donors (Lipinski definition) is 2. The van der Waals surface area contributed by atoms with Crippen LogP contribution in [-0.4, -0.2) is 54.3 Å². The third kappa shape index (κ3) is 3.13. The minimum Gasteiger partial charge on any atom is -0.389 e. The second-order valence-electron chi connectivity index (χ2n) is 4.57. The fourth-order valence-electron chi connectivity index (χ4n) is 2.05. The lowest BCUT2D eigenvalue weighted by Gasteiger charge is -2.20. The van der Waals surface area contributed by atoms with Crippen LogP contribution in [-0.2, 0) is 4.74 Å². The maximum atomic E-state index is 12.2. The molecule has 0 spiro atoms. The van der Waals surface area contributed by atoms with Crippen LogP contribution in [0.15, 0.2) is 30.5 Å². The Kier molecular flexibility index (Phi) is 4.19. The highest BCUT2D eigenvalue weighted by Crippen LogP contribution is 2.15. The maximum Gasteiger partial charge on any atom is 0.253 e. The van der Waals surface area contributed by atoms with Crippen molar-refractivity contribution in [3.05, 3.63) is 36.0 Å². The van der Waals surface area contributed by atoms with Gasteiger partial charge in [-0.15, -0.1) is 0 Å². The van der Waals surface area contributed by atoms with Gasteiger partial charge in [-0.25, -0.2) is 0 Å². The number of aromatic nitrogens is 1. The summed E-state index contributed by atoms with van der Waals surface area (Å²) in [4.78, 5) is 16.8. The Morgan fingerprint density at radius 1 is 1.47 bits per heavy atom. The summed E-state index contributed by atoms with van der Waals surface area (Å²) in [5.41, 5.74) is 1.61. The molecule has 1 heterocycles. The molecule has 1 unspecified atom stereocenters. The quantitative estimate of drug-likeness (QED) is 0.852. The van der Waals surface area contributed by atoms with Gasteiger partial charge >= 0.3 is 0 Å². The van der Waals surface area contributed by atoms with Gasteiger partial charge in [0.25, 0.3) is 5.91 Å². The Hall–Kier alpha value is -1.85. The molecule has 19 heavy (non-hydrogen) atoms. The highest BCUT2D eigenvalue weighted by Gasteiger charge is 2.15. The van der Waals surface area contributed by atoms with Gasteiger partial charge in [0.15, 0.2) is 0 Å². The number of fused-ring (bicyclic) bond motifs is 1. The normalized spacial score (nSPS) is 12.6. The summed E-state index contributed by atoms with van der Waals surface area (Å²) < 4.78 is 4.85. The predicted octanol–water partition coefficient (Wildman–Crippen LogP) is 1.25. The Bertz CT molecular complexity index is 565. The van der Waals surface area contributed by atoms with Crippen molar-refractivity contribution in [2.24, 2.45) is 0 Å². The number of ether oxygens (including phenoxy) is 1. The number of amides is 1. The average Bonchev–Trinajstić information content (AvgIpc) is 2.85. The van der Waals surface area contributed by atoms with E-state index in [1.165, 1.54) is 12.0 Å². The van der Waals surface area contributed by atoms with Gasteiger partial charge in [0.2, 0.25) is 0 Å².